The minimum atomic E-state index is -1.59. The molecule has 0 aromatic heterocycles. The number of rotatable bonds is 3. The van der Waals surface area contributed by atoms with Gasteiger partial charge in [0.1, 0.15) is 5.69 Å². The summed E-state index contributed by atoms with van der Waals surface area (Å²) in [6.07, 6.45) is 0. The van der Waals surface area contributed by atoms with Gasteiger partial charge in [0.05, 0.1) is 0 Å². The number of benzene rings is 2. The fraction of sp³-hybridized carbons (Fsp3) is 0.0769. The average molecular weight is 291 g/mol. The molecule has 0 amide bonds. The van der Waals surface area contributed by atoms with Gasteiger partial charge in [0, 0.05) is 12.6 Å². The molecule has 0 aliphatic carbocycles. The lowest BCUT2D eigenvalue weighted by molar-refractivity contribution is 0.458. The van der Waals surface area contributed by atoms with Crippen molar-refractivity contribution in [3.8, 4) is 0 Å². The molecule has 0 saturated heterocycles. The zero-order chi connectivity index (χ0) is 14.9. The number of hydrogen-bond donors (Lipinski definition) is 1. The maximum absolute atomic E-state index is 13.3. The van der Waals surface area contributed by atoms with Crippen LogP contribution in [0.5, 0.6) is 0 Å². The summed E-state index contributed by atoms with van der Waals surface area (Å²) in [7, 11) is 0. The van der Waals surface area contributed by atoms with E-state index in [1.54, 1.807) is 0 Å². The van der Waals surface area contributed by atoms with Crippen LogP contribution >= 0.6 is 0 Å². The van der Waals surface area contributed by atoms with Crippen LogP contribution in [-0.4, -0.2) is 0 Å². The second-order valence-corrected chi connectivity index (χ2v) is 3.95. The van der Waals surface area contributed by atoms with Crippen LogP contribution in [0.25, 0.3) is 0 Å². The SMILES string of the molecule is Fc1ccc(CNc2c(F)c(F)cc(F)c2F)cc1F. The third-order valence-electron chi connectivity index (χ3n) is 2.57. The maximum atomic E-state index is 13.3. The summed E-state index contributed by atoms with van der Waals surface area (Å²) in [6, 6.07) is 2.86. The molecular formula is C13H7F6N. The highest BCUT2D eigenvalue weighted by Crippen LogP contribution is 2.24. The van der Waals surface area contributed by atoms with E-state index in [4.69, 9.17) is 0 Å². The molecule has 20 heavy (non-hydrogen) atoms. The Kier molecular flexibility index (Phi) is 3.87. The fourth-order valence-corrected chi connectivity index (χ4v) is 1.57. The molecule has 0 aliphatic heterocycles. The predicted molar refractivity (Wildman–Crippen MR) is 60.0 cm³/mol. The van der Waals surface area contributed by atoms with Crippen molar-refractivity contribution in [3.63, 3.8) is 0 Å². The van der Waals surface area contributed by atoms with Crippen molar-refractivity contribution in [1.29, 1.82) is 0 Å². The van der Waals surface area contributed by atoms with Gasteiger partial charge in [-0.1, -0.05) is 6.07 Å². The number of hydrogen-bond acceptors (Lipinski definition) is 1. The second-order valence-electron chi connectivity index (χ2n) is 3.95. The Morgan fingerprint density at radius 2 is 1.30 bits per heavy atom. The van der Waals surface area contributed by atoms with E-state index in [2.05, 4.69) is 5.32 Å². The first-order chi connectivity index (χ1) is 9.40. The lowest BCUT2D eigenvalue weighted by Gasteiger charge is -2.10. The molecule has 0 heterocycles. The second kappa shape index (κ2) is 5.44. The normalized spacial score (nSPS) is 10.7. The number of anilines is 1. The van der Waals surface area contributed by atoms with Crippen molar-refractivity contribution >= 4 is 5.69 Å². The van der Waals surface area contributed by atoms with Crippen molar-refractivity contribution in [2.45, 2.75) is 6.54 Å². The minimum Gasteiger partial charge on any atom is -0.376 e. The summed E-state index contributed by atoms with van der Waals surface area (Å²) in [4.78, 5) is 0. The predicted octanol–water partition coefficient (Wildman–Crippen LogP) is 4.13. The van der Waals surface area contributed by atoms with Crippen molar-refractivity contribution in [2.24, 2.45) is 0 Å². The van der Waals surface area contributed by atoms with Gasteiger partial charge in [0.25, 0.3) is 0 Å². The van der Waals surface area contributed by atoms with Crippen molar-refractivity contribution in [2.75, 3.05) is 5.32 Å². The molecule has 1 N–H and O–H groups in total. The van der Waals surface area contributed by atoms with Crippen LogP contribution in [0.15, 0.2) is 24.3 Å². The van der Waals surface area contributed by atoms with Crippen LogP contribution in [0.1, 0.15) is 5.56 Å². The van der Waals surface area contributed by atoms with Gasteiger partial charge in [-0.25, -0.2) is 26.3 Å². The van der Waals surface area contributed by atoms with E-state index in [9.17, 15) is 26.3 Å². The highest BCUT2D eigenvalue weighted by atomic mass is 19.2. The Bertz CT molecular complexity index is 630. The summed E-state index contributed by atoms with van der Waals surface area (Å²) >= 11 is 0. The Morgan fingerprint density at radius 3 is 1.85 bits per heavy atom. The van der Waals surface area contributed by atoms with Gasteiger partial charge in [-0.15, -0.1) is 0 Å². The van der Waals surface area contributed by atoms with E-state index in [-0.39, 0.29) is 18.2 Å². The van der Waals surface area contributed by atoms with E-state index >= 15 is 0 Å². The summed E-state index contributed by atoms with van der Waals surface area (Å²) in [6.45, 7) is -0.339. The molecule has 0 atom stereocenters. The third kappa shape index (κ3) is 2.71. The lowest BCUT2D eigenvalue weighted by atomic mass is 10.2. The van der Waals surface area contributed by atoms with Gasteiger partial charge in [-0.3, -0.25) is 0 Å². The molecule has 1 nitrogen and oxygen atoms in total. The average Bonchev–Trinajstić information content (AvgIpc) is 2.40. The first-order valence-corrected chi connectivity index (χ1v) is 5.41. The van der Waals surface area contributed by atoms with Crippen molar-refractivity contribution in [1.82, 2.24) is 0 Å². The molecule has 0 aliphatic rings. The largest absolute Gasteiger partial charge is 0.376 e. The van der Waals surface area contributed by atoms with Crippen LogP contribution in [-0.2, 0) is 6.54 Å². The monoisotopic (exact) mass is 291 g/mol. The van der Waals surface area contributed by atoms with Crippen molar-refractivity contribution < 1.29 is 26.3 Å². The molecule has 0 saturated carbocycles. The summed E-state index contributed by atoms with van der Waals surface area (Å²) in [5, 5.41) is 2.11. The highest BCUT2D eigenvalue weighted by molar-refractivity contribution is 5.47. The Labute approximate surface area is 109 Å². The standard InChI is InChI=1S/C13H7F6N/c14-7-2-1-6(3-8(7)15)5-20-13-11(18)9(16)4-10(17)12(13)19/h1-4,20H,5H2. The topological polar surface area (TPSA) is 12.0 Å². The van der Waals surface area contributed by atoms with Gasteiger partial charge >= 0.3 is 0 Å². The van der Waals surface area contributed by atoms with Crippen LogP contribution in [0, 0.1) is 34.9 Å². The fourth-order valence-electron chi connectivity index (χ4n) is 1.57. The van der Waals surface area contributed by atoms with Crippen LogP contribution in [0.4, 0.5) is 32.0 Å². The molecule has 2 aromatic rings. The molecule has 2 aromatic carbocycles. The lowest BCUT2D eigenvalue weighted by Crippen LogP contribution is -2.07. The molecule has 0 radical (unpaired) electrons. The van der Waals surface area contributed by atoms with Gasteiger partial charge in [-0.05, 0) is 17.7 Å². The minimum absolute atomic E-state index is 0.0768. The molecule has 0 fully saturated rings. The highest BCUT2D eigenvalue weighted by Gasteiger charge is 2.18. The smallest absolute Gasteiger partial charge is 0.185 e. The van der Waals surface area contributed by atoms with Gasteiger partial charge in [0.2, 0.25) is 0 Å². The zero-order valence-electron chi connectivity index (χ0n) is 9.78. The van der Waals surface area contributed by atoms with Crippen molar-refractivity contribution in [3.05, 3.63) is 64.7 Å². The first kappa shape index (κ1) is 14.2. The Morgan fingerprint density at radius 1 is 0.700 bits per heavy atom. The first-order valence-electron chi connectivity index (χ1n) is 5.41. The van der Waals surface area contributed by atoms with Gasteiger partial charge < -0.3 is 5.32 Å². The van der Waals surface area contributed by atoms with E-state index in [1.807, 2.05) is 0 Å². The van der Waals surface area contributed by atoms with E-state index in [0.29, 0.717) is 0 Å². The summed E-state index contributed by atoms with van der Waals surface area (Å²) in [5.74, 6) is -8.52. The summed E-state index contributed by atoms with van der Waals surface area (Å²) < 4.78 is 78.1. The molecule has 0 spiro atoms. The van der Waals surface area contributed by atoms with E-state index in [0.717, 1.165) is 18.2 Å². The van der Waals surface area contributed by atoms with Gasteiger partial charge in [0.15, 0.2) is 34.9 Å². The molecule has 7 heteroatoms. The molecule has 106 valence electrons. The number of nitrogens with one attached hydrogen (secondary N) is 1. The quantitative estimate of drug-likeness (QED) is 0.662. The number of halogens is 6. The Hall–Kier alpha value is -2.18. The zero-order valence-corrected chi connectivity index (χ0v) is 9.78. The van der Waals surface area contributed by atoms with Crippen LogP contribution < -0.4 is 5.32 Å². The van der Waals surface area contributed by atoms with Gasteiger partial charge in [-0.2, -0.15) is 0 Å². The van der Waals surface area contributed by atoms with E-state index in [1.165, 1.54) is 0 Å². The summed E-state index contributed by atoms with van der Waals surface area (Å²) in [5.41, 5.74) is -0.861. The molecule has 2 rings (SSSR count). The maximum Gasteiger partial charge on any atom is 0.185 e. The molecule has 0 bridgehead atoms. The Balaban J connectivity index is 2.25. The molecule has 0 unspecified atom stereocenters. The third-order valence-corrected chi connectivity index (χ3v) is 2.57. The van der Waals surface area contributed by atoms with Crippen LogP contribution in [0.3, 0.4) is 0 Å². The van der Waals surface area contributed by atoms with E-state index < -0.39 is 40.6 Å². The van der Waals surface area contributed by atoms with Crippen LogP contribution in [0.2, 0.25) is 0 Å². The molecular weight excluding hydrogens is 284 g/mol.